The van der Waals surface area contributed by atoms with Crippen LogP contribution in [0, 0.1) is 11.3 Å². The zero-order valence-corrected chi connectivity index (χ0v) is 20.6. The standard InChI is InChI=1S/C26H36N4O3/c1-18-10-13-29(14-11-18)25-27-20-12-15-30(23(31)16-26(2,3)4)17-19(20)24(28-25)33-22-9-7-6-8-21(22)32-5/h6-9,18H,10-17H2,1-5H3. The van der Waals surface area contributed by atoms with Crippen molar-refractivity contribution >= 4 is 11.9 Å². The second-order valence-electron chi connectivity index (χ2n) is 10.5. The second kappa shape index (κ2) is 9.57. The zero-order chi connectivity index (χ0) is 23.6. The number of methoxy groups -OCH3 is 1. The molecule has 0 atom stereocenters. The van der Waals surface area contributed by atoms with E-state index in [1.807, 2.05) is 29.2 Å². The van der Waals surface area contributed by atoms with Crippen molar-refractivity contribution in [3.05, 3.63) is 35.5 Å². The van der Waals surface area contributed by atoms with Gasteiger partial charge in [0, 0.05) is 32.5 Å². The zero-order valence-electron chi connectivity index (χ0n) is 20.6. The Labute approximate surface area is 197 Å². The summed E-state index contributed by atoms with van der Waals surface area (Å²) in [7, 11) is 1.63. The smallest absolute Gasteiger partial charge is 0.229 e. The third-order valence-corrected chi connectivity index (χ3v) is 6.39. The van der Waals surface area contributed by atoms with Gasteiger partial charge in [0.15, 0.2) is 11.5 Å². The van der Waals surface area contributed by atoms with Crippen LogP contribution in [0.4, 0.5) is 5.95 Å². The van der Waals surface area contributed by atoms with Gasteiger partial charge >= 0.3 is 0 Å². The van der Waals surface area contributed by atoms with Crippen LogP contribution in [0.2, 0.25) is 0 Å². The number of amides is 1. The van der Waals surface area contributed by atoms with Crippen molar-refractivity contribution < 1.29 is 14.3 Å². The van der Waals surface area contributed by atoms with E-state index < -0.39 is 0 Å². The van der Waals surface area contributed by atoms with E-state index in [4.69, 9.17) is 19.4 Å². The Balaban J connectivity index is 1.67. The molecule has 33 heavy (non-hydrogen) atoms. The number of benzene rings is 1. The normalized spacial score (nSPS) is 17.0. The molecule has 7 heteroatoms. The van der Waals surface area contributed by atoms with E-state index in [1.54, 1.807) is 7.11 Å². The van der Waals surface area contributed by atoms with Gasteiger partial charge in [0.05, 0.1) is 24.9 Å². The minimum atomic E-state index is -0.0557. The lowest BCUT2D eigenvalue weighted by Crippen LogP contribution is -2.39. The van der Waals surface area contributed by atoms with E-state index in [-0.39, 0.29) is 11.3 Å². The van der Waals surface area contributed by atoms with E-state index in [1.165, 1.54) is 0 Å². The molecule has 1 amide bonds. The number of anilines is 1. The lowest BCUT2D eigenvalue weighted by molar-refractivity contribution is -0.134. The van der Waals surface area contributed by atoms with E-state index in [9.17, 15) is 4.79 Å². The average Bonchev–Trinajstić information content (AvgIpc) is 2.78. The summed E-state index contributed by atoms with van der Waals surface area (Å²) in [5.41, 5.74) is 1.81. The molecule has 0 spiro atoms. The van der Waals surface area contributed by atoms with Crippen molar-refractivity contribution in [2.45, 2.75) is 59.9 Å². The minimum Gasteiger partial charge on any atom is -0.493 e. The third-order valence-electron chi connectivity index (χ3n) is 6.39. The Morgan fingerprint density at radius 3 is 2.45 bits per heavy atom. The summed E-state index contributed by atoms with van der Waals surface area (Å²) >= 11 is 0. The van der Waals surface area contributed by atoms with Crippen LogP contribution in [0.5, 0.6) is 17.4 Å². The number of fused-ring (bicyclic) bond motifs is 1. The van der Waals surface area contributed by atoms with Crippen LogP contribution in [0.15, 0.2) is 24.3 Å². The molecule has 0 radical (unpaired) electrons. The Kier molecular flexibility index (Phi) is 6.77. The first-order chi connectivity index (χ1) is 15.7. The number of carbonyl (C=O) groups excluding carboxylic acids is 1. The molecule has 1 fully saturated rings. The summed E-state index contributed by atoms with van der Waals surface area (Å²) in [6.45, 7) is 11.6. The van der Waals surface area contributed by atoms with Crippen molar-refractivity contribution in [1.82, 2.24) is 14.9 Å². The molecule has 0 N–H and O–H groups in total. The SMILES string of the molecule is COc1ccccc1Oc1nc(N2CCC(C)CC2)nc2c1CN(C(=O)CC(C)(C)C)CC2. The van der Waals surface area contributed by atoms with Crippen molar-refractivity contribution in [1.29, 1.82) is 0 Å². The molecule has 2 aliphatic rings. The van der Waals surface area contributed by atoms with Gasteiger partial charge in [-0.2, -0.15) is 4.98 Å². The summed E-state index contributed by atoms with van der Waals surface area (Å²) in [5, 5.41) is 0. The van der Waals surface area contributed by atoms with Crippen LogP contribution >= 0.6 is 0 Å². The summed E-state index contributed by atoms with van der Waals surface area (Å²) < 4.78 is 11.8. The van der Waals surface area contributed by atoms with Crippen molar-refractivity contribution in [2.24, 2.45) is 11.3 Å². The van der Waals surface area contributed by atoms with Gasteiger partial charge in [-0.3, -0.25) is 4.79 Å². The van der Waals surface area contributed by atoms with Crippen LogP contribution in [0.1, 0.15) is 58.2 Å². The van der Waals surface area contributed by atoms with Crippen LogP contribution in [-0.2, 0) is 17.8 Å². The maximum atomic E-state index is 13.0. The number of para-hydroxylation sites is 2. The number of carbonyl (C=O) groups is 1. The van der Waals surface area contributed by atoms with Crippen molar-refractivity contribution in [2.75, 3.05) is 31.6 Å². The van der Waals surface area contributed by atoms with Gasteiger partial charge in [-0.1, -0.05) is 39.8 Å². The van der Waals surface area contributed by atoms with E-state index in [2.05, 4.69) is 32.6 Å². The van der Waals surface area contributed by atoms with E-state index in [0.717, 1.165) is 49.1 Å². The molecule has 178 valence electrons. The fraction of sp³-hybridized carbons (Fsp3) is 0.577. The predicted molar refractivity (Wildman–Crippen MR) is 129 cm³/mol. The fourth-order valence-electron chi connectivity index (χ4n) is 4.39. The fourth-order valence-corrected chi connectivity index (χ4v) is 4.39. The summed E-state index contributed by atoms with van der Waals surface area (Å²) in [6.07, 6.45) is 3.49. The van der Waals surface area contributed by atoms with Gasteiger partial charge in [0.1, 0.15) is 0 Å². The first kappa shape index (κ1) is 23.3. The maximum absolute atomic E-state index is 13.0. The monoisotopic (exact) mass is 452 g/mol. The predicted octanol–water partition coefficient (Wildman–Crippen LogP) is 4.83. The highest BCUT2D eigenvalue weighted by Crippen LogP contribution is 2.36. The quantitative estimate of drug-likeness (QED) is 0.647. The molecule has 3 heterocycles. The Bertz CT molecular complexity index is 994. The lowest BCUT2D eigenvalue weighted by atomic mass is 9.91. The van der Waals surface area contributed by atoms with Gasteiger partial charge < -0.3 is 19.3 Å². The molecule has 2 aromatic rings. The van der Waals surface area contributed by atoms with Crippen LogP contribution in [0.25, 0.3) is 0 Å². The van der Waals surface area contributed by atoms with Gasteiger partial charge in [0.25, 0.3) is 0 Å². The molecule has 0 bridgehead atoms. The molecule has 0 unspecified atom stereocenters. The first-order valence-corrected chi connectivity index (χ1v) is 12.0. The Hall–Kier alpha value is -2.83. The Morgan fingerprint density at radius 2 is 1.79 bits per heavy atom. The molecule has 7 nitrogen and oxygen atoms in total. The molecular weight excluding hydrogens is 416 g/mol. The van der Waals surface area contributed by atoms with Crippen LogP contribution < -0.4 is 14.4 Å². The van der Waals surface area contributed by atoms with Crippen molar-refractivity contribution in [3.63, 3.8) is 0 Å². The molecule has 4 rings (SSSR count). The molecule has 0 aliphatic carbocycles. The average molecular weight is 453 g/mol. The highest BCUT2D eigenvalue weighted by atomic mass is 16.5. The molecule has 1 aromatic carbocycles. The molecule has 1 saturated heterocycles. The number of hydrogen-bond donors (Lipinski definition) is 0. The topological polar surface area (TPSA) is 67.8 Å². The highest BCUT2D eigenvalue weighted by Gasteiger charge is 2.30. The number of rotatable bonds is 5. The number of aromatic nitrogens is 2. The van der Waals surface area contributed by atoms with E-state index in [0.29, 0.717) is 43.3 Å². The maximum Gasteiger partial charge on any atom is 0.229 e. The number of piperidine rings is 1. The Morgan fingerprint density at radius 1 is 1.09 bits per heavy atom. The summed E-state index contributed by atoms with van der Waals surface area (Å²) in [6, 6.07) is 7.57. The molecule has 0 saturated carbocycles. The van der Waals surface area contributed by atoms with Gasteiger partial charge in [-0.25, -0.2) is 4.98 Å². The number of hydrogen-bond acceptors (Lipinski definition) is 6. The first-order valence-electron chi connectivity index (χ1n) is 12.0. The minimum absolute atomic E-state index is 0.0557. The van der Waals surface area contributed by atoms with E-state index >= 15 is 0 Å². The van der Waals surface area contributed by atoms with Gasteiger partial charge in [-0.15, -0.1) is 0 Å². The lowest BCUT2D eigenvalue weighted by Gasteiger charge is -2.34. The summed E-state index contributed by atoms with van der Waals surface area (Å²) in [4.78, 5) is 26.9. The number of nitrogens with zero attached hydrogens (tertiary/aromatic N) is 4. The van der Waals surface area contributed by atoms with Gasteiger partial charge in [0.2, 0.25) is 17.7 Å². The largest absolute Gasteiger partial charge is 0.493 e. The van der Waals surface area contributed by atoms with Crippen LogP contribution in [0.3, 0.4) is 0 Å². The molecular formula is C26H36N4O3. The van der Waals surface area contributed by atoms with Crippen LogP contribution in [-0.4, -0.2) is 47.5 Å². The van der Waals surface area contributed by atoms with Crippen molar-refractivity contribution in [3.8, 4) is 17.4 Å². The third kappa shape index (κ3) is 5.57. The second-order valence-corrected chi connectivity index (χ2v) is 10.5. The number of ether oxygens (including phenoxy) is 2. The molecule has 1 aromatic heterocycles. The summed E-state index contributed by atoms with van der Waals surface area (Å²) in [5.74, 6) is 3.38. The van der Waals surface area contributed by atoms with Gasteiger partial charge in [-0.05, 0) is 36.3 Å². The molecule has 2 aliphatic heterocycles. The highest BCUT2D eigenvalue weighted by molar-refractivity contribution is 5.77.